The molecule has 0 aliphatic heterocycles. The Morgan fingerprint density at radius 3 is 2.54 bits per heavy atom. The van der Waals surface area contributed by atoms with Gasteiger partial charge < -0.3 is 9.88 Å². The summed E-state index contributed by atoms with van der Waals surface area (Å²) in [6.45, 7) is 0.703. The number of amides is 1. The van der Waals surface area contributed by atoms with Gasteiger partial charge in [0.15, 0.2) is 0 Å². The molecule has 28 heavy (non-hydrogen) atoms. The fraction of sp³-hybridized carbons (Fsp3) is 0.150. The summed E-state index contributed by atoms with van der Waals surface area (Å²) in [6.07, 6.45) is 3.09. The van der Waals surface area contributed by atoms with Crippen molar-refractivity contribution in [3.63, 3.8) is 0 Å². The minimum absolute atomic E-state index is 0.00125. The molecule has 2 aromatic heterocycles. The minimum atomic E-state index is -2.65. The number of halogens is 2. The van der Waals surface area contributed by atoms with Crippen LogP contribution in [0.15, 0.2) is 76.8 Å². The van der Waals surface area contributed by atoms with Crippen molar-refractivity contribution < 1.29 is 13.6 Å². The van der Waals surface area contributed by atoms with E-state index in [1.807, 2.05) is 24.3 Å². The lowest BCUT2D eigenvalue weighted by Gasteiger charge is -2.10. The van der Waals surface area contributed by atoms with Crippen molar-refractivity contribution in [1.82, 2.24) is 14.9 Å². The zero-order valence-corrected chi connectivity index (χ0v) is 15.5. The summed E-state index contributed by atoms with van der Waals surface area (Å²) in [5.74, 6) is -3.11. The van der Waals surface area contributed by atoms with E-state index in [9.17, 15) is 18.4 Å². The van der Waals surface area contributed by atoms with Gasteiger partial charge in [0.05, 0.1) is 12.1 Å². The molecule has 0 fully saturated rings. The number of nitrogens with one attached hydrogen (secondary N) is 1. The van der Waals surface area contributed by atoms with Crippen LogP contribution in [0.2, 0.25) is 0 Å². The predicted molar refractivity (Wildman–Crippen MR) is 104 cm³/mol. The van der Waals surface area contributed by atoms with Gasteiger partial charge in [-0.05, 0) is 41.1 Å². The number of alkyl halides is 2. The minimum Gasteiger partial charge on any atom is -0.348 e. The van der Waals surface area contributed by atoms with Crippen LogP contribution in [0.1, 0.15) is 21.5 Å². The highest BCUT2D eigenvalue weighted by molar-refractivity contribution is 7.99. The Labute approximate surface area is 164 Å². The van der Waals surface area contributed by atoms with Crippen LogP contribution in [-0.2, 0) is 13.1 Å². The molecular formula is C20H17F2N3O2S. The number of hydrogen-bond acceptors (Lipinski definition) is 4. The molecule has 0 radical (unpaired) electrons. The number of nitrogens with zero attached hydrogens (tertiary/aromatic N) is 2. The Morgan fingerprint density at radius 2 is 1.82 bits per heavy atom. The lowest BCUT2D eigenvalue weighted by Crippen LogP contribution is -2.23. The number of pyridine rings is 2. The normalized spacial score (nSPS) is 10.8. The highest BCUT2D eigenvalue weighted by atomic mass is 32.2. The first-order valence-electron chi connectivity index (χ1n) is 8.44. The molecule has 1 N–H and O–H groups in total. The number of rotatable bonds is 7. The van der Waals surface area contributed by atoms with Crippen LogP contribution in [0.4, 0.5) is 8.78 Å². The fourth-order valence-electron chi connectivity index (χ4n) is 2.57. The fourth-order valence-corrected chi connectivity index (χ4v) is 3.15. The second-order valence-electron chi connectivity index (χ2n) is 5.90. The molecule has 2 heterocycles. The number of thioether (sulfide) groups is 1. The number of benzene rings is 1. The van der Waals surface area contributed by atoms with Gasteiger partial charge in [-0.15, -0.1) is 0 Å². The number of aromatic nitrogens is 2. The summed E-state index contributed by atoms with van der Waals surface area (Å²) in [4.78, 5) is 27.9. The van der Waals surface area contributed by atoms with Crippen LogP contribution in [0.3, 0.4) is 0 Å². The summed E-state index contributed by atoms with van der Waals surface area (Å²) < 4.78 is 26.8. The van der Waals surface area contributed by atoms with E-state index in [-0.39, 0.29) is 34.5 Å². The van der Waals surface area contributed by atoms with E-state index in [0.717, 1.165) is 11.1 Å². The van der Waals surface area contributed by atoms with Crippen LogP contribution in [0.5, 0.6) is 0 Å². The van der Waals surface area contributed by atoms with Crippen molar-refractivity contribution in [3.8, 4) is 0 Å². The van der Waals surface area contributed by atoms with Crippen LogP contribution in [-0.4, -0.2) is 21.2 Å². The Kier molecular flexibility index (Phi) is 6.54. The van der Waals surface area contributed by atoms with E-state index in [4.69, 9.17) is 0 Å². The lowest BCUT2D eigenvalue weighted by molar-refractivity contribution is 0.0947. The Bertz CT molecular complexity index is 1010. The number of carbonyl (C=O) groups excluding carboxylic acids is 1. The predicted octanol–water partition coefficient (Wildman–Crippen LogP) is 3.54. The molecule has 3 rings (SSSR count). The van der Waals surface area contributed by atoms with Crippen molar-refractivity contribution >= 4 is 17.7 Å². The highest BCUT2D eigenvalue weighted by Gasteiger charge is 2.16. The van der Waals surface area contributed by atoms with Crippen molar-refractivity contribution in [3.05, 3.63) is 94.0 Å². The molecule has 3 aromatic rings. The van der Waals surface area contributed by atoms with Crippen molar-refractivity contribution in [1.29, 1.82) is 0 Å². The SMILES string of the molecule is O=C(NCc1ccc(Cn2ccccc2=O)cc1)c1cccnc1SC(F)F. The summed E-state index contributed by atoms with van der Waals surface area (Å²) >= 11 is 0.246. The molecule has 1 amide bonds. The van der Waals surface area contributed by atoms with E-state index < -0.39 is 11.7 Å². The van der Waals surface area contributed by atoms with Crippen molar-refractivity contribution in [2.45, 2.75) is 23.9 Å². The molecule has 0 unspecified atom stereocenters. The van der Waals surface area contributed by atoms with Gasteiger partial charge in [0.1, 0.15) is 5.03 Å². The van der Waals surface area contributed by atoms with Crippen LogP contribution < -0.4 is 10.9 Å². The van der Waals surface area contributed by atoms with Crippen molar-refractivity contribution in [2.75, 3.05) is 0 Å². The molecule has 0 aliphatic rings. The Balaban J connectivity index is 1.62. The number of hydrogen-bond donors (Lipinski definition) is 1. The second-order valence-corrected chi connectivity index (χ2v) is 6.88. The first-order valence-corrected chi connectivity index (χ1v) is 9.32. The van der Waals surface area contributed by atoms with Crippen molar-refractivity contribution in [2.24, 2.45) is 0 Å². The molecule has 5 nitrogen and oxygen atoms in total. The monoisotopic (exact) mass is 401 g/mol. The van der Waals surface area contributed by atoms with Crippen LogP contribution >= 0.6 is 11.8 Å². The molecule has 0 bridgehead atoms. The Morgan fingerprint density at radius 1 is 1.07 bits per heavy atom. The molecule has 8 heteroatoms. The van der Waals surface area contributed by atoms with Gasteiger partial charge in [0.2, 0.25) is 0 Å². The Hall–Kier alpha value is -3.00. The first-order chi connectivity index (χ1) is 13.5. The summed E-state index contributed by atoms with van der Waals surface area (Å²) in [5, 5.41) is 2.71. The topological polar surface area (TPSA) is 64.0 Å². The molecular weight excluding hydrogens is 384 g/mol. The maximum atomic E-state index is 12.6. The third kappa shape index (κ3) is 5.26. The van der Waals surface area contributed by atoms with Gasteiger partial charge in [0.25, 0.3) is 17.2 Å². The standard InChI is InChI=1S/C20H17F2N3O2S/c21-20(22)28-19-16(4-3-10-23-19)18(27)24-12-14-6-8-15(9-7-14)13-25-11-2-1-5-17(25)26/h1-11,20H,12-13H2,(H,24,27). The van der Waals surface area contributed by atoms with E-state index in [2.05, 4.69) is 10.3 Å². The van der Waals surface area contributed by atoms with E-state index in [1.165, 1.54) is 24.4 Å². The van der Waals surface area contributed by atoms with Gasteiger partial charge in [0, 0.05) is 25.0 Å². The highest BCUT2D eigenvalue weighted by Crippen LogP contribution is 2.26. The molecule has 1 aromatic carbocycles. The summed E-state index contributed by atoms with van der Waals surface area (Å²) in [6, 6.07) is 15.4. The quantitative estimate of drug-likeness (QED) is 0.615. The van der Waals surface area contributed by atoms with E-state index in [1.54, 1.807) is 22.9 Å². The number of carbonyl (C=O) groups is 1. The molecule has 0 saturated heterocycles. The third-order valence-electron chi connectivity index (χ3n) is 3.94. The zero-order chi connectivity index (χ0) is 19.9. The maximum absolute atomic E-state index is 12.6. The van der Waals surface area contributed by atoms with Gasteiger partial charge in [-0.25, -0.2) is 4.98 Å². The average molecular weight is 401 g/mol. The molecule has 0 aliphatic carbocycles. The zero-order valence-electron chi connectivity index (χ0n) is 14.7. The first kappa shape index (κ1) is 19.8. The van der Waals surface area contributed by atoms with E-state index in [0.29, 0.717) is 6.54 Å². The van der Waals surface area contributed by atoms with Crippen LogP contribution in [0, 0.1) is 0 Å². The lowest BCUT2D eigenvalue weighted by atomic mass is 10.1. The molecule has 0 atom stereocenters. The smallest absolute Gasteiger partial charge is 0.290 e. The van der Waals surface area contributed by atoms with E-state index >= 15 is 0 Å². The second kappa shape index (κ2) is 9.27. The maximum Gasteiger partial charge on any atom is 0.290 e. The average Bonchev–Trinajstić information content (AvgIpc) is 2.69. The van der Waals surface area contributed by atoms with Crippen LogP contribution in [0.25, 0.3) is 0 Å². The van der Waals surface area contributed by atoms with Gasteiger partial charge in [-0.1, -0.05) is 30.3 Å². The summed E-state index contributed by atoms with van der Waals surface area (Å²) in [7, 11) is 0. The molecule has 144 valence electrons. The third-order valence-corrected chi connectivity index (χ3v) is 4.67. The largest absolute Gasteiger partial charge is 0.348 e. The summed E-state index contributed by atoms with van der Waals surface area (Å²) in [5.41, 5.74) is 1.84. The van der Waals surface area contributed by atoms with Gasteiger partial charge >= 0.3 is 0 Å². The molecule has 0 saturated carbocycles. The van der Waals surface area contributed by atoms with Gasteiger partial charge in [-0.2, -0.15) is 8.78 Å². The van der Waals surface area contributed by atoms with Gasteiger partial charge in [-0.3, -0.25) is 9.59 Å². The molecule has 0 spiro atoms.